The van der Waals surface area contributed by atoms with Crippen LogP contribution in [0.15, 0.2) is 47.4 Å². The lowest BCUT2D eigenvalue weighted by Gasteiger charge is -2.32. The molecular weight excluding hydrogens is 426 g/mol. The number of piperazine rings is 1. The zero-order valence-electron chi connectivity index (χ0n) is 19.1. The second-order valence-corrected chi connectivity index (χ2v) is 9.95. The van der Waals surface area contributed by atoms with E-state index in [4.69, 9.17) is 4.18 Å². The minimum atomic E-state index is -3.94. The molecule has 7 nitrogen and oxygen atoms in total. The van der Waals surface area contributed by atoms with E-state index in [0.29, 0.717) is 17.7 Å². The molecule has 32 heavy (non-hydrogen) atoms. The molecule has 174 valence electrons. The summed E-state index contributed by atoms with van der Waals surface area (Å²) >= 11 is 0. The van der Waals surface area contributed by atoms with Gasteiger partial charge in [0.1, 0.15) is 10.6 Å². The molecule has 2 aromatic rings. The number of benzene rings is 2. The number of aryl methyl sites for hydroxylation is 2. The summed E-state index contributed by atoms with van der Waals surface area (Å²) in [5.41, 5.74) is 1.94. The number of unbranched alkanes of at least 4 members (excludes halogenated alkanes) is 1. The molecule has 2 aromatic carbocycles. The summed E-state index contributed by atoms with van der Waals surface area (Å²) in [5, 5.41) is 2.93. The van der Waals surface area contributed by atoms with Crippen LogP contribution >= 0.6 is 0 Å². The third-order valence-electron chi connectivity index (χ3n) is 5.72. The third-order valence-corrected chi connectivity index (χ3v) is 7.11. The summed E-state index contributed by atoms with van der Waals surface area (Å²) in [6, 6.07) is 11.4. The number of rotatable bonds is 9. The van der Waals surface area contributed by atoms with Crippen LogP contribution in [0.4, 0.5) is 0 Å². The SMILES string of the molecule is Cc1ccc(C)c(S(=O)(=O)Oc2ccc(C(=O)NCCCCN3CCN(C)CC3)cc2)c1. The van der Waals surface area contributed by atoms with Gasteiger partial charge in [-0.3, -0.25) is 4.79 Å². The van der Waals surface area contributed by atoms with Gasteiger partial charge in [0.2, 0.25) is 0 Å². The van der Waals surface area contributed by atoms with Gasteiger partial charge < -0.3 is 19.3 Å². The van der Waals surface area contributed by atoms with E-state index < -0.39 is 10.1 Å². The van der Waals surface area contributed by atoms with Crippen LogP contribution < -0.4 is 9.50 Å². The van der Waals surface area contributed by atoms with Gasteiger partial charge in [0, 0.05) is 38.3 Å². The number of hydrogen-bond donors (Lipinski definition) is 1. The molecule has 1 fully saturated rings. The Morgan fingerprint density at radius 1 is 1.00 bits per heavy atom. The number of carbonyl (C=O) groups is 1. The molecule has 1 amide bonds. The van der Waals surface area contributed by atoms with Crippen LogP contribution in [0.1, 0.15) is 34.3 Å². The molecule has 1 heterocycles. The Hall–Kier alpha value is -2.42. The van der Waals surface area contributed by atoms with Gasteiger partial charge in [-0.1, -0.05) is 12.1 Å². The molecule has 0 spiro atoms. The fourth-order valence-corrected chi connectivity index (χ4v) is 4.89. The van der Waals surface area contributed by atoms with Crippen molar-refractivity contribution in [1.29, 1.82) is 0 Å². The number of carbonyl (C=O) groups excluding carboxylic acids is 1. The molecule has 3 rings (SSSR count). The first-order chi connectivity index (χ1) is 15.2. The van der Waals surface area contributed by atoms with Gasteiger partial charge in [-0.25, -0.2) is 0 Å². The standard InChI is InChI=1S/C24H33N3O4S/c1-19-6-7-20(2)23(18-19)32(29,30)31-22-10-8-21(9-11-22)24(28)25-12-4-5-13-27-16-14-26(3)15-17-27/h6-11,18H,4-5,12-17H2,1-3H3,(H,25,28). The van der Waals surface area contributed by atoms with E-state index in [-0.39, 0.29) is 16.6 Å². The highest BCUT2D eigenvalue weighted by Crippen LogP contribution is 2.22. The number of amides is 1. The van der Waals surface area contributed by atoms with Crippen molar-refractivity contribution >= 4 is 16.0 Å². The van der Waals surface area contributed by atoms with Crippen molar-refractivity contribution in [2.45, 2.75) is 31.6 Å². The number of nitrogens with one attached hydrogen (secondary N) is 1. The highest BCUT2D eigenvalue weighted by atomic mass is 32.2. The van der Waals surface area contributed by atoms with Gasteiger partial charge in [0.15, 0.2) is 0 Å². The maximum absolute atomic E-state index is 12.6. The van der Waals surface area contributed by atoms with Crippen LogP contribution in [0.5, 0.6) is 5.75 Å². The third kappa shape index (κ3) is 6.79. The van der Waals surface area contributed by atoms with Crippen LogP contribution in [-0.2, 0) is 10.1 Å². The fourth-order valence-electron chi connectivity index (χ4n) is 3.65. The summed E-state index contributed by atoms with van der Waals surface area (Å²) in [7, 11) is -1.79. The Labute approximate surface area is 191 Å². The van der Waals surface area contributed by atoms with Crippen molar-refractivity contribution in [1.82, 2.24) is 15.1 Å². The average molecular weight is 460 g/mol. The smallest absolute Gasteiger partial charge is 0.339 e. The molecular formula is C24H33N3O4S. The second-order valence-electron chi connectivity index (χ2n) is 8.44. The van der Waals surface area contributed by atoms with Gasteiger partial charge in [-0.2, -0.15) is 8.42 Å². The Bertz CT molecular complexity index is 1010. The number of hydrogen-bond acceptors (Lipinski definition) is 6. The number of nitrogens with zero attached hydrogens (tertiary/aromatic N) is 2. The maximum atomic E-state index is 12.6. The first-order valence-corrected chi connectivity index (χ1v) is 12.5. The first kappa shape index (κ1) is 24.2. The lowest BCUT2D eigenvalue weighted by molar-refractivity contribution is 0.0952. The summed E-state index contributed by atoms with van der Waals surface area (Å²) < 4.78 is 30.5. The Kier molecular flexibility index (Phi) is 8.28. The lowest BCUT2D eigenvalue weighted by Crippen LogP contribution is -2.44. The van der Waals surface area contributed by atoms with E-state index in [2.05, 4.69) is 22.2 Å². The minimum absolute atomic E-state index is 0.149. The highest BCUT2D eigenvalue weighted by molar-refractivity contribution is 7.87. The van der Waals surface area contributed by atoms with Gasteiger partial charge in [0.25, 0.3) is 5.91 Å². The van der Waals surface area contributed by atoms with Crippen LogP contribution in [0, 0.1) is 13.8 Å². The van der Waals surface area contributed by atoms with Crippen molar-refractivity contribution in [3.63, 3.8) is 0 Å². The van der Waals surface area contributed by atoms with Gasteiger partial charge >= 0.3 is 10.1 Å². The van der Waals surface area contributed by atoms with Crippen molar-refractivity contribution < 1.29 is 17.4 Å². The molecule has 0 bridgehead atoms. The van der Waals surface area contributed by atoms with E-state index in [1.165, 1.54) is 12.1 Å². The van der Waals surface area contributed by atoms with E-state index in [0.717, 1.165) is 51.1 Å². The van der Waals surface area contributed by atoms with E-state index in [1.807, 2.05) is 13.0 Å². The zero-order chi connectivity index (χ0) is 23.1. The predicted octanol–water partition coefficient (Wildman–Crippen LogP) is 2.83. The van der Waals surface area contributed by atoms with E-state index in [9.17, 15) is 13.2 Å². The lowest BCUT2D eigenvalue weighted by atomic mass is 10.2. The highest BCUT2D eigenvalue weighted by Gasteiger charge is 2.20. The molecule has 1 aliphatic rings. The van der Waals surface area contributed by atoms with Crippen LogP contribution in [-0.4, -0.2) is 70.4 Å². The van der Waals surface area contributed by atoms with E-state index in [1.54, 1.807) is 31.2 Å². The largest absolute Gasteiger partial charge is 0.379 e. The maximum Gasteiger partial charge on any atom is 0.339 e. The van der Waals surface area contributed by atoms with Crippen LogP contribution in [0.3, 0.4) is 0 Å². The molecule has 0 atom stereocenters. The van der Waals surface area contributed by atoms with E-state index >= 15 is 0 Å². The first-order valence-electron chi connectivity index (χ1n) is 11.1. The minimum Gasteiger partial charge on any atom is -0.379 e. The van der Waals surface area contributed by atoms with Crippen molar-refractivity contribution in [3.8, 4) is 5.75 Å². The molecule has 0 aliphatic carbocycles. The Balaban J connectivity index is 1.45. The average Bonchev–Trinajstić information content (AvgIpc) is 2.76. The topological polar surface area (TPSA) is 78.9 Å². The van der Waals surface area contributed by atoms with Crippen molar-refractivity contribution in [2.75, 3.05) is 46.3 Å². The summed E-state index contributed by atoms with van der Waals surface area (Å²) in [6.07, 6.45) is 1.97. The van der Waals surface area contributed by atoms with Gasteiger partial charge in [-0.15, -0.1) is 0 Å². The molecule has 0 saturated carbocycles. The van der Waals surface area contributed by atoms with Gasteiger partial charge in [0.05, 0.1) is 0 Å². The van der Waals surface area contributed by atoms with Crippen LogP contribution in [0.25, 0.3) is 0 Å². The van der Waals surface area contributed by atoms with Crippen molar-refractivity contribution in [3.05, 3.63) is 59.2 Å². The summed E-state index contributed by atoms with van der Waals surface area (Å²) in [4.78, 5) is 17.3. The molecule has 0 aromatic heterocycles. The fraction of sp³-hybridized carbons (Fsp3) is 0.458. The predicted molar refractivity (Wildman–Crippen MR) is 126 cm³/mol. The molecule has 1 N–H and O–H groups in total. The van der Waals surface area contributed by atoms with Crippen LogP contribution in [0.2, 0.25) is 0 Å². The summed E-state index contributed by atoms with van der Waals surface area (Å²) in [6.45, 7) is 9.68. The zero-order valence-corrected chi connectivity index (χ0v) is 20.0. The Morgan fingerprint density at radius 3 is 2.38 bits per heavy atom. The van der Waals surface area contributed by atoms with Crippen molar-refractivity contribution in [2.24, 2.45) is 0 Å². The quantitative estimate of drug-likeness (QED) is 0.459. The molecule has 0 unspecified atom stereocenters. The second kappa shape index (κ2) is 10.9. The molecule has 1 saturated heterocycles. The number of likely N-dealkylation sites (N-methyl/N-ethyl adjacent to an activating group) is 1. The summed E-state index contributed by atoms with van der Waals surface area (Å²) in [5.74, 6) is 0.00293. The molecule has 1 aliphatic heterocycles. The molecule has 0 radical (unpaired) electrons. The normalized spacial score (nSPS) is 15.5. The van der Waals surface area contributed by atoms with Gasteiger partial charge in [-0.05, 0) is 81.7 Å². The monoisotopic (exact) mass is 459 g/mol. The molecule has 8 heteroatoms. The Morgan fingerprint density at radius 2 is 1.69 bits per heavy atom.